The monoisotopic (exact) mass is 669 g/mol. The topological polar surface area (TPSA) is 45.2 Å². The average Bonchev–Trinajstić information content (AvgIpc) is 3.75. The number of phenolic OH excluding ortho intramolecular Hbond substituents is 1. The van der Waals surface area contributed by atoms with Crippen LogP contribution in [-0.4, -0.2) is 98.4 Å². The Morgan fingerprint density at radius 1 is 0.809 bits per heavy atom. The van der Waals surface area contributed by atoms with Gasteiger partial charge in [-0.05, 0) is 104 Å². The molecule has 2 N–H and O–H groups in total. The van der Waals surface area contributed by atoms with Crippen molar-refractivity contribution in [2.45, 2.75) is 76.5 Å². The first-order chi connectivity index (χ1) is 22.8. The Morgan fingerprint density at radius 3 is 2.17 bits per heavy atom. The minimum absolute atomic E-state index is 0.298. The zero-order chi connectivity index (χ0) is 32.8. The summed E-state index contributed by atoms with van der Waals surface area (Å²) in [6.45, 7) is 10.6. The Bertz CT molecular complexity index is 1450. The first kappa shape index (κ1) is 33.7. The highest BCUT2D eigenvalue weighted by Gasteiger charge is 2.40. The molecule has 6 nitrogen and oxygen atoms in total. The molecule has 0 unspecified atom stereocenters. The first-order valence-corrected chi connectivity index (χ1v) is 18.4. The van der Waals surface area contributed by atoms with Crippen LogP contribution in [0, 0.1) is 5.92 Å². The Labute approximate surface area is 292 Å². The van der Waals surface area contributed by atoms with Gasteiger partial charge in [0.1, 0.15) is 5.75 Å². The molecule has 4 atom stereocenters. The van der Waals surface area contributed by atoms with Gasteiger partial charge < -0.3 is 25.1 Å². The van der Waals surface area contributed by atoms with E-state index in [9.17, 15) is 5.11 Å². The molecule has 0 radical (unpaired) electrons. The summed E-state index contributed by atoms with van der Waals surface area (Å²) in [5, 5.41) is 15.3. The maximum Gasteiger partial charge on any atom is 0.172 e. The lowest BCUT2D eigenvalue weighted by atomic mass is 10.0. The highest BCUT2D eigenvalue weighted by Crippen LogP contribution is 2.29. The number of hydrogen-bond donors (Lipinski definition) is 2. The van der Waals surface area contributed by atoms with Crippen LogP contribution in [-0.2, 0) is 19.3 Å². The molecule has 3 heterocycles. The smallest absolute Gasteiger partial charge is 0.172 e. The Hall–Kier alpha value is -3.20. The number of nitrogens with zero attached hydrogens (tertiary/aromatic N) is 4. The van der Waals surface area contributed by atoms with Crippen LogP contribution < -0.4 is 5.32 Å². The van der Waals surface area contributed by atoms with Gasteiger partial charge in [-0.25, -0.2) is 0 Å². The van der Waals surface area contributed by atoms with Gasteiger partial charge in [-0.1, -0.05) is 86.6 Å². The second-order valence-electron chi connectivity index (χ2n) is 14.1. The van der Waals surface area contributed by atoms with Crippen molar-refractivity contribution >= 4 is 34.7 Å². The molecular formula is C39H51N5OS2. The van der Waals surface area contributed by atoms with Crippen molar-refractivity contribution in [2.24, 2.45) is 5.92 Å². The fourth-order valence-corrected chi connectivity index (χ4v) is 8.62. The summed E-state index contributed by atoms with van der Waals surface area (Å²) in [6.07, 6.45) is 6.45. The van der Waals surface area contributed by atoms with Crippen LogP contribution in [0.1, 0.15) is 49.8 Å². The Balaban J connectivity index is 1.17. The molecule has 0 bridgehead atoms. The molecular weight excluding hydrogens is 619 g/mol. The van der Waals surface area contributed by atoms with E-state index >= 15 is 0 Å². The average molecular weight is 670 g/mol. The number of rotatable bonds is 14. The van der Waals surface area contributed by atoms with Gasteiger partial charge >= 0.3 is 0 Å². The predicted molar refractivity (Wildman–Crippen MR) is 201 cm³/mol. The van der Waals surface area contributed by atoms with Gasteiger partial charge in [-0.3, -0.25) is 4.90 Å². The van der Waals surface area contributed by atoms with Crippen LogP contribution in [0.3, 0.4) is 0 Å². The van der Waals surface area contributed by atoms with Crippen LogP contribution in [0.25, 0.3) is 0 Å². The molecule has 3 aromatic carbocycles. The van der Waals surface area contributed by atoms with E-state index in [1.807, 2.05) is 0 Å². The summed E-state index contributed by atoms with van der Waals surface area (Å²) in [6, 6.07) is 30.8. The largest absolute Gasteiger partial charge is 0.508 e. The lowest BCUT2D eigenvalue weighted by Crippen LogP contribution is -2.51. The van der Waals surface area contributed by atoms with E-state index in [0.29, 0.717) is 35.8 Å². The molecule has 3 saturated heterocycles. The number of benzene rings is 3. The van der Waals surface area contributed by atoms with Crippen molar-refractivity contribution in [2.75, 3.05) is 39.3 Å². The third kappa shape index (κ3) is 8.64. The van der Waals surface area contributed by atoms with Gasteiger partial charge in [0.05, 0.1) is 12.1 Å². The molecule has 0 saturated carbocycles. The summed E-state index contributed by atoms with van der Waals surface area (Å²) in [7, 11) is 0. The third-order valence-corrected chi connectivity index (χ3v) is 11.1. The second-order valence-corrected chi connectivity index (χ2v) is 14.9. The summed E-state index contributed by atoms with van der Waals surface area (Å²) in [5.41, 5.74) is 3.95. The molecule has 0 amide bonds. The summed E-state index contributed by atoms with van der Waals surface area (Å²) in [5.74, 6) is 0.885. The van der Waals surface area contributed by atoms with Crippen LogP contribution in [0.15, 0.2) is 84.9 Å². The van der Waals surface area contributed by atoms with Crippen molar-refractivity contribution < 1.29 is 5.11 Å². The highest BCUT2D eigenvalue weighted by atomic mass is 32.1. The molecule has 3 aliphatic rings. The van der Waals surface area contributed by atoms with Crippen LogP contribution >= 0.6 is 24.4 Å². The predicted octanol–water partition coefficient (Wildman–Crippen LogP) is 6.13. The van der Waals surface area contributed by atoms with Crippen molar-refractivity contribution in [1.29, 1.82) is 0 Å². The van der Waals surface area contributed by atoms with E-state index in [1.54, 1.807) is 12.1 Å². The SMILES string of the molecule is CC(C)C[C@@H](CN1CCC[C@@H]1CN1C(=S)NC[C@@H]1Cc1ccccc1)N1C[C@H](Cc2ccc(O)cc2)N(CCc2ccccc2)C1=S. The summed E-state index contributed by atoms with van der Waals surface area (Å²) < 4.78 is 0. The van der Waals surface area contributed by atoms with E-state index < -0.39 is 0 Å². The molecule has 0 spiro atoms. The molecule has 3 fully saturated rings. The quantitative estimate of drug-likeness (QED) is 0.199. The van der Waals surface area contributed by atoms with E-state index in [0.717, 1.165) is 75.2 Å². The zero-order valence-corrected chi connectivity index (χ0v) is 29.6. The molecule has 47 heavy (non-hydrogen) atoms. The van der Waals surface area contributed by atoms with Crippen molar-refractivity contribution in [3.8, 4) is 5.75 Å². The van der Waals surface area contributed by atoms with Gasteiger partial charge in [0.2, 0.25) is 0 Å². The third-order valence-electron chi connectivity index (χ3n) is 10.3. The minimum atomic E-state index is 0.298. The fraction of sp³-hybridized carbons (Fsp3) is 0.487. The summed E-state index contributed by atoms with van der Waals surface area (Å²) >= 11 is 12.2. The van der Waals surface area contributed by atoms with Crippen LogP contribution in [0.2, 0.25) is 0 Å². The maximum absolute atomic E-state index is 9.91. The number of likely N-dealkylation sites (tertiary alicyclic amines) is 1. The van der Waals surface area contributed by atoms with E-state index in [4.69, 9.17) is 24.4 Å². The van der Waals surface area contributed by atoms with Crippen LogP contribution in [0.4, 0.5) is 0 Å². The van der Waals surface area contributed by atoms with E-state index in [2.05, 4.69) is 112 Å². The van der Waals surface area contributed by atoms with E-state index in [1.165, 1.54) is 29.5 Å². The molecule has 0 aromatic heterocycles. The van der Waals surface area contributed by atoms with Gasteiger partial charge in [-0.2, -0.15) is 0 Å². The molecule has 250 valence electrons. The molecule has 6 rings (SSSR count). The maximum atomic E-state index is 9.91. The summed E-state index contributed by atoms with van der Waals surface area (Å²) in [4.78, 5) is 10.3. The van der Waals surface area contributed by atoms with Gasteiger partial charge in [0.25, 0.3) is 0 Å². The van der Waals surface area contributed by atoms with Gasteiger partial charge in [-0.15, -0.1) is 0 Å². The Morgan fingerprint density at radius 2 is 1.47 bits per heavy atom. The molecule has 0 aliphatic carbocycles. The highest BCUT2D eigenvalue weighted by molar-refractivity contribution is 7.80. The van der Waals surface area contributed by atoms with Crippen LogP contribution in [0.5, 0.6) is 5.75 Å². The first-order valence-electron chi connectivity index (χ1n) is 17.6. The minimum Gasteiger partial charge on any atom is -0.508 e. The van der Waals surface area contributed by atoms with Crippen molar-refractivity contribution in [3.63, 3.8) is 0 Å². The molecule has 3 aromatic rings. The normalized spacial score (nSPS) is 22.4. The zero-order valence-electron chi connectivity index (χ0n) is 28.0. The number of aromatic hydroxyl groups is 1. The molecule has 8 heteroatoms. The lowest BCUT2D eigenvalue weighted by molar-refractivity contribution is 0.149. The van der Waals surface area contributed by atoms with Crippen molar-refractivity contribution in [1.82, 2.24) is 24.9 Å². The number of phenols is 1. The van der Waals surface area contributed by atoms with Crippen molar-refractivity contribution in [3.05, 3.63) is 102 Å². The molecule has 3 aliphatic heterocycles. The standard InChI is InChI=1S/C39H51N5OS2/c1-29(2)22-35(26-41-20-9-14-33(41)27-43-34(25-40-38(43)46)23-31-12-7-4-8-13-31)44-28-36(24-32-15-17-37(45)18-16-32)42(39(44)47)21-19-30-10-5-3-6-11-30/h3-8,10-13,15-18,29,33-36,45H,9,14,19-28H2,1-2H3,(H,40,46)/t33-,34+,35+,36+/m1/s1. The second kappa shape index (κ2) is 15.8. The van der Waals surface area contributed by atoms with Gasteiger partial charge in [0, 0.05) is 44.8 Å². The number of hydrogen-bond acceptors (Lipinski definition) is 4. The number of nitrogens with one attached hydrogen (secondary N) is 1. The lowest BCUT2D eigenvalue weighted by Gasteiger charge is -2.38. The Kier molecular flexibility index (Phi) is 11.3. The fourth-order valence-electron chi connectivity index (χ4n) is 7.85. The van der Waals surface area contributed by atoms with E-state index in [-0.39, 0.29) is 0 Å². The van der Waals surface area contributed by atoms with Gasteiger partial charge in [0.15, 0.2) is 10.2 Å². The number of thiocarbonyl (C=S) groups is 2.